The fraction of sp³-hybridized carbons (Fsp3) is 0.929. The average Bonchev–Trinajstić information content (AvgIpc) is 2.37. The van der Waals surface area contributed by atoms with E-state index in [-0.39, 0.29) is 17.9 Å². The Balaban J connectivity index is 2.19. The molecule has 0 aromatic carbocycles. The SMILES string of the molecule is CCCN(CC)CCNC(=O)C1CCCC(N)C1. The molecule has 4 heteroatoms. The summed E-state index contributed by atoms with van der Waals surface area (Å²) in [6.07, 6.45) is 5.20. The van der Waals surface area contributed by atoms with Gasteiger partial charge in [-0.3, -0.25) is 4.79 Å². The Kier molecular flexibility index (Phi) is 7.28. The summed E-state index contributed by atoms with van der Waals surface area (Å²) in [5, 5.41) is 3.06. The highest BCUT2D eigenvalue weighted by Crippen LogP contribution is 2.22. The minimum absolute atomic E-state index is 0.148. The van der Waals surface area contributed by atoms with Gasteiger partial charge < -0.3 is 16.0 Å². The number of amides is 1. The molecule has 1 aliphatic rings. The molecule has 0 aromatic rings. The number of nitrogens with one attached hydrogen (secondary N) is 1. The van der Waals surface area contributed by atoms with Crippen molar-refractivity contribution in [2.45, 2.75) is 52.0 Å². The van der Waals surface area contributed by atoms with E-state index in [1.165, 1.54) is 6.42 Å². The van der Waals surface area contributed by atoms with Gasteiger partial charge >= 0.3 is 0 Å². The van der Waals surface area contributed by atoms with Crippen LogP contribution in [-0.4, -0.2) is 43.0 Å². The van der Waals surface area contributed by atoms with E-state index in [0.29, 0.717) is 0 Å². The minimum Gasteiger partial charge on any atom is -0.355 e. The first kappa shape index (κ1) is 15.4. The van der Waals surface area contributed by atoms with Crippen molar-refractivity contribution in [3.05, 3.63) is 0 Å². The van der Waals surface area contributed by atoms with Gasteiger partial charge in [0, 0.05) is 25.0 Å². The first-order chi connectivity index (χ1) is 8.67. The molecule has 106 valence electrons. The van der Waals surface area contributed by atoms with Crippen LogP contribution in [0.3, 0.4) is 0 Å². The summed E-state index contributed by atoms with van der Waals surface area (Å²) in [6.45, 7) is 8.23. The molecule has 1 rings (SSSR count). The molecule has 0 bridgehead atoms. The molecule has 2 atom stereocenters. The van der Waals surface area contributed by atoms with E-state index in [1.54, 1.807) is 0 Å². The predicted octanol–water partition coefficient (Wildman–Crippen LogP) is 1.35. The van der Waals surface area contributed by atoms with Crippen molar-refractivity contribution < 1.29 is 4.79 Å². The first-order valence-corrected chi connectivity index (χ1v) is 7.43. The Labute approximate surface area is 111 Å². The molecule has 3 N–H and O–H groups in total. The summed E-state index contributed by atoms with van der Waals surface area (Å²) >= 11 is 0. The highest BCUT2D eigenvalue weighted by molar-refractivity contribution is 5.78. The number of nitrogens with zero attached hydrogens (tertiary/aromatic N) is 1. The molecular formula is C14H29N3O. The van der Waals surface area contributed by atoms with Crippen LogP contribution in [0.2, 0.25) is 0 Å². The Morgan fingerprint density at radius 3 is 2.72 bits per heavy atom. The van der Waals surface area contributed by atoms with Gasteiger partial charge in [-0.25, -0.2) is 0 Å². The summed E-state index contributed by atoms with van der Waals surface area (Å²) in [6, 6.07) is 0.224. The van der Waals surface area contributed by atoms with Crippen LogP contribution in [0.4, 0.5) is 0 Å². The molecule has 1 fully saturated rings. The van der Waals surface area contributed by atoms with Crippen molar-refractivity contribution in [3.8, 4) is 0 Å². The summed E-state index contributed by atoms with van der Waals surface area (Å²) in [4.78, 5) is 14.4. The molecule has 1 amide bonds. The van der Waals surface area contributed by atoms with Gasteiger partial charge in [-0.15, -0.1) is 0 Å². The van der Waals surface area contributed by atoms with Gasteiger partial charge in [0.15, 0.2) is 0 Å². The molecule has 2 unspecified atom stereocenters. The predicted molar refractivity (Wildman–Crippen MR) is 75.3 cm³/mol. The van der Waals surface area contributed by atoms with Gasteiger partial charge in [0.1, 0.15) is 0 Å². The van der Waals surface area contributed by atoms with Gasteiger partial charge in [0.2, 0.25) is 5.91 Å². The first-order valence-electron chi connectivity index (χ1n) is 7.43. The third kappa shape index (κ3) is 5.36. The van der Waals surface area contributed by atoms with E-state index in [9.17, 15) is 4.79 Å². The lowest BCUT2D eigenvalue weighted by molar-refractivity contribution is -0.126. The summed E-state index contributed by atoms with van der Waals surface area (Å²) in [5.41, 5.74) is 5.91. The lowest BCUT2D eigenvalue weighted by Gasteiger charge is -2.26. The molecule has 4 nitrogen and oxygen atoms in total. The van der Waals surface area contributed by atoms with E-state index >= 15 is 0 Å². The number of hydrogen-bond donors (Lipinski definition) is 2. The van der Waals surface area contributed by atoms with Gasteiger partial charge in [0.05, 0.1) is 0 Å². The standard InChI is InChI=1S/C14H29N3O/c1-3-9-17(4-2)10-8-16-14(18)12-6-5-7-13(15)11-12/h12-13H,3-11,15H2,1-2H3,(H,16,18). The van der Waals surface area contributed by atoms with E-state index in [0.717, 1.165) is 51.9 Å². The number of rotatable bonds is 7. The molecule has 0 spiro atoms. The molecule has 1 saturated carbocycles. The topological polar surface area (TPSA) is 58.4 Å². The monoisotopic (exact) mass is 255 g/mol. The maximum absolute atomic E-state index is 12.0. The fourth-order valence-corrected chi connectivity index (χ4v) is 2.69. The second-order valence-electron chi connectivity index (χ2n) is 5.35. The van der Waals surface area contributed by atoms with Crippen molar-refractivity contribution >= 4 is 5.91 Å². The molecule has 1 aliphatic carbocycles. The van der Waals surface area contributed by atoms with Crippen molar-refractivity contribution in [1.82, 2.24) is 10.2 Å². The van der Waals surface area contributed by atoms with Crippen LogP contribution in [0.5, 0.6) is 0 Å². The number of carbonyl (C=O) groups excluding carboxylic acids is 1. The summed E-state index contributed by atoms with van der Waals surface area (Å²) < 4.78 is 0. The number of likely N-dealkylation sites (N-methyl/N-ethyl adjacent to an activating group) is 1. The van der Waals surface area contributed by atoms with Crippen molar-refractivity contribution in [2.75, 3.05) is 26.2 Å². The Bertz CT molecular complexity index is 245. The summed E-state index contributed by atoms with van der Waals surface area (Å²) in [5.74, 6) is 0.354. The van der Waals surface area contributed by atoms with Crippen LogP contribution in [0.15, 0.2) is 0 Å². The van der Waals surface area contributed by atoms with Crippen LogP contribution in [0.25, 0.3) is 0 Å². The van der Waals surface area contributed by atoms with Gasteiger partial charge in [-0.05, 0) is 38.8 Å². The molecule has 0 aromatic heterocycles. The van der Waals surface area contributed by atoms with E-state index in [2.05, 4.69) is 24.1 Å². The van der Waals surface area contributed by atoms with Crippen molar-refractivity contribution in [1.29, 1.82) is 0 Å². The lowest BCUT2D eigenvalue weighted by atomic mass is 9.85. The quantitative estimate of drug-likeness (QED) is 0.722. The minimum atomic E-state index is 0.148. The third-order valence-corrected chi connectivity index (χ3v) is 3.80. The molecule has 18 heavy (non-hydrogen) atoms. The molecule has 0 heterocycles. The zero-order valence-corrected chi connectivity index (χ0v) is 12.0. The van der Waals surface area contributed by atoms with Crippen molar-refractivity contribution in [2.24, 2.45) is 11.7 Å². The maximum atomic E-state index is 12.0. The highest BCUT2D eigenvalue weighted by atomic mass is 16.1. The van der Waals surface area contributed by atoms with Crippen LogP contribution in [-0.2, 0) is 4.79 Å². The molecular weight excluding hydrogens is 226 g/mol. The lowest BCUT2D eigenvalue weighted by Crippen LogP contribution is -2.41. The normalized spacial score (nSPS) is 24.2. The Hall–Kier alpha value is -0.610. The van der Waals surface area contributed by atoms with Crippen LogP contribution in [0.1, 0.15) is 46.0 Å². The number of nitrogens with two attached hydrogens (primary N) is 1. The maximum Gasteiger partial charge on any atom is 0.223 e. The molecule has 0 aliphatic heterocycles. The van der Waals surface area contributed by atoms with E-state index < -0.39 is 0 Å². The van der Waals surface area contributed by atoms with E-state index in [4.69, 9.17) is 5.73 Å². The third-order valence-electron chi connectivity index (χ3n) is 3.80. The zero-order chi connectivity index (χ0) is 13.4. The van der Waals surface area contributed by atoms with Gasteiger partial charge in [-0.2, -0.15) is 0 Å². The van der Waals surface area contributed by atoms with Crippen LogP contribution < -0.4 is 11.1 Å². The molecule has 0 saturated heterocycles. The van der Waals surface area contributed by atoms with Crippen LogP contribution >= 0.6 is 0 Å². The second kappa shape index (κ2) is 8.48. The van der Waals surface area contributed by atoms with E-state index in [1.807, 2.05) is 0 Å². The Morgan fingerprint density at radius 2 is 2.11 bits per heavy atom. The highest BCUT2D eigenvalue weighted by Gasteiger charge is 2.24. The second-order valence-corrected chi connectivity index (χ2v) is 5.35. The Morgan fingerprint density at radius 1 is 1.33 bits per heavy atom. The number of hydrogen-bond acceptors (Lipinski definition) is 3. The number of carbonyl (C=O) groups is 1. The smallest absolute Gasteiger partial charge is 0.223 e. The van der Waals surface area contributed by atoms with Crippen LogP contribution in [0, 0.1) is 5.92 Å². The zero-order valence-electron chi connectivity index (χ0n) is 12.0. The average molecular weight is 255 g/mol. The van der Waals surface area contributed by atoms with Crippen molar-refractivity contribution in [3.63, 3.8) is 0 Å². The molecule has 0 radical (unpaired) electrons. The van der Waals surface area contributed by atoms with Gasteiger partial charge in [0.25, 0.3) is 0 Å². The van der Waals surface area contributed by atoms with Gasteiger partial charge in [-0.1, -0.05) is 20.3 Å². The fourth-order valence-electron chi connectivity index (χ4n) is 2.69. The summed E-state index contributed by atoms with van der Waals surface area (Å²) in [7, 11) is 0. The largest absolute Gasteiger partial charge is 0.355 e.